The van der Waals surface area contributed by atoms with Crippen molar-refractivity contribution in [2.24, 2.45) is 0 Å². The molecule has 0 aliphatic carbocycles. The summed E-state index contributed by atoms with van der Waals surface area (Å²) in [5, 5.41) is 0.453. The summed E-state index contributed by atoms with van der Waals surface area (Å²) in [6.45, 7) is 2.23. The van der Waals surface area contributed by atoms with E-state index >= 15 is 0 Å². The van der Waals surface area contributed by atoms with Crippen LogP contribution in [0.25, 0.3) is 0 Å². The molecule has 4 nitrogen and oxygen atoms in total. The van der Waals surface area contributed by atoms with Gasteiger partial charge in [0.15, 0.2) is 0 Å². The number of rotatable bonds is 3. The molecule has 1 aliphatic heterocycles. The van der Waals surface area contributed by atoms with E-state index in [0.717, 1.165) is 37.3 Å². The third kappa shape index (κ3) is 2.87. The van der Waals surface area contributed by atoms with Crippen molar-refractivity contribution in [2.45, 2.75) is 24.8 Å². The zero-order chi connectivity index (χ0) is 13.1. The zero-order valence-corrected chi connectivity index (χ0v) is 12.2. The number of halogens is 2. The van der Waals surface area contributed by atoms with E-state index < -0.39 is 0 Å². The van der Waals surface area contributed by atoms with E-state index in [4.69, 9.17) is 23.2 Å². The smallest absolute Gasteiger partial charge is 0.138 e. The maximum atomic E-state index is 6.07. The number of hydrogen-bond acceptors (Lipinski definition) is 4. The predicted molar refractivity (Wildman–Crippen MR) is 75.5 cm³/mol. The minimum atomic E-state index is 0.339. The molecule has 0 bridgehead atoms. The molecule has 0 saturated carbocycles. The SMILES string of the molecule is CN1CCC(N(C)c2ncnc(Cl)c2CCl)CC1. The van der Waals surface area contributed by atoms with Crippen LogP contribution in [0.1, 0.15) is 18.4 Å². The fourth-order valence-corrected chi connectivity index (χ4v) is 2.87. The van der Waals surface area contributed by atoms with Crippen molar-refractivity contribution in [3.63, 3.8) is 0 Å². The highest BCUT2D eigenvalue weighted by molar-refractivity contribution is 6.31. The summed E-state index contributed by atoms with van der Waals surface area (Å²) in [6, 6.07) is 0.495. The highest BCUT2D eigenvalue weighted by Gasteiger charge is 2.23. The molecule has 1 aromatic heterocycles. The average Bonchev–Trinajstić information content (AvgIpc) is 2.38. The summed E-state index contributed by atoms with van der Waals surface area (Å²) in [7, 11) is 4.21. The Morgan fingerprint density at radius 3 is 2.67 bits per heavy atom. The quantitative estimate of drug-likeness (QED) is 0.632. The van der Waals surface area contributed by atoms with Crippen molar-refractivity contribution in [3.05, 3.63) is 17.0 Å². The number of hydrogen-bond donors (Lipinski definition) is 0. The monoisotopic (exact) mass is 288 g/mol. The summed E-state index contributed by atoms with van der Waals surface area (Å²) in [5.74, 6) is 1.20. The van der Waals surface area contributed by atoms with E-state index in [1.165, 1.54) is 6.33 Å². The molecule has 1 aliphatic rings. The summed E-state index contributed by atoms with van der Waals surface area (Å²) >= 11 is 12.0. The summed E-state index contributed by atoms with van der Waals surface area (Å²) in [4.78, 5) is 12.9. The summed E-state index contributed by atoms with van der Waals surface area (Å²) in [5.41, 5.74) is 0.822. The first-order valence-corrected chi connectivity index (χ1v) is 7.01. The van der Waals surface area contributed by atoms with Crippen molar-refractivity contribution >= 4 is 29.0 Å². The van der Waals surface area contributed by atoms with Crippen LogP contribution in [-0.2, 0) is 5.88 Å². The molecule has 0 aromatic carbocycles. The number of likely N-dealkylation sites (tertiary alicyclic amines) is 1. The van der Waals surface area contributed by atoms with Crippen molar-refractivity contribution in [2.75, 3.05) is 32.1 Å². The number of anilines is 1. The minimum absolute atomic E-state index is 0.339. The molecule has 0 spiro atoms. The van der Waals surface area contributed by atoms with E-state index in [2.05, 4.69) is 33.9 Å². The molecule has 2 heterocycles. The van der Waals surface area contributed by atoms with Gasteiger partial charge in [0.05, 0.1) is 5.88 Å². The molecule has 0 atom stereocenters. The van der Waals surface area contributed by atoms with Gasteiger partial charge in [-0.2, -0.15) is 0 Å². The Kier molecular flexibility index (Phi) is 4.65. The Morgan fingerprint density at radius 2 is 2.06 bits per heavy atom. The number of alkyl halides is 1. The van der Waals surface area contributed by atoms with Gasteiger partial charge in [-0.3, -0.25) is 0 Å². The Bertz CT molecular complexity index is 405. The lowest BCUT2D eigenvalue weighted by Crippen LogP contribution is -2.42. The second-order valence-electron chi connectivity index (χ2n) is 4.75. The van der Waals surface area contributed by atoms with Crippen LogP contribution < -0.4 is 4.90 Å². The third-order valence-electron chi connectivity index (χ3n) is 3.57. The van der Waals surface area contributed by atoms with Gasteiger partial charge in [0.25, 0.3) is 0 Å². The third-order valence-corrected chi connectivity index (χ3v) is 4.17. The van der Waals surface area contributed by atoms with Gasteiger partial charge in [0, 0.05) is 18.7 Å². The number of aromatic nitrogens is 2. The molecule has 0 radical (unpaired) electrons. The molecule has 1 aromatic rings. The standard InChI is InChI=1S/C12H18Cl2N4/c1-17-5-3-9(4-6-17)18(2)12-10(7-13)11(14)15-8-16-12/h8-9H,3-7H2,1-2H3. The fourth-order valence-electron chi connectivity index (χ4n) is 2.36. The van der Waals surface area contributed by atoms with Gasteiger partial charge in [-0.25, -0.2) is 9.97 Å². The largest absolute Gasteiger partial charge is 0.356 e. The maximum Gasteiger partial charge on any atom is 0.138 e. The highest BCUT2D eigenvalue weighted by atomic mass is 35.5. The Morgan fingerprint density at radius 1 is 1.39 bits per heavy atom. The van der Waals surface area contributed by atoms with Gasteiger partial charge in [0.2, 0.25) is 0 Å². The van der Waals surface area contributed by atoms with Crippen LogP contribution in [0.2, 0.25) is 5.15 Å². The van der Waals surface area contributed by atoms with Gasteiger partial charge in [-0.15, -0.1) is 11.6 Å². The number of nitrogens with zero attached hydrogens (tertiary/aromatic N) is 4. The van der Waals surface area contributed by atoms with E-state index in [1.54, 1.807) is 0 Å². The van der Waals surface area contributed by atoms with Gasteiger partial charge in [-0.05, 0) is 33.0 Å². The molecule has 6 heteroatoms. The first kappa shape index (κ1) is 13.8. The van der Waals surface area contributed by atoms with E-state index in [1.807, 2.05) is 0 Å². The summed E-state index contributed by atoms with van der Waals surface area (Å²) in [6.07, 6.45) is 3.77. The Labute approximate surface area is 118 Å². The highest BCUT2D eigenvalue weighted by Crippen LogP contribution is 2.27. The lowest BCUT2D eigenvalue weighted by Gasteiger charge is -2.36. The van der Waals surface area contributed by atoms with Gasteiger partial charge < -0.3 is 9.80 Å². The second-order valence-corrected chi connectivity index (χ2v) is 5.37. The lowest BCUT2D eigenvalue weighted by atomic mass is 10.0. The van der Waals surface area contributed by atoms with Crippen molar-refractivity contribution in [1.29, 1.82) is 0 Å². The minimum Gasteiger partial charge on any atom is -0.356 e. The molecular weight excluding hydrogens is 271 g/mol. The van der Waals surface area contributed by atoms with Gasteiger partial charge in [0.1, 0.15) is 17.3 Å². The average molecular weight is 289 g/mol. The van der Waals surface area contributed by atoms with Gasteiger partial charge >= 0.3 is 0 Å². The van der Waals surface area contributed by atoms with Crippen LogP contribution in [-0.4, -0.2) is 48.1 Å². The molecular formula is C12H18Cl2N4. The summed E-state index contributed by atoms with van der Waals surface area (Å²) < 4.78 is 0. The van der Waals surface area contributed by atoms with Crippen LogP contribution in [0.3, 0.4) is 0 Å². The normalized spacial score (nSPS) is 18.0. The molecule has 0 amide bonds. The van der Waals surface area contributed by atoms with Crippen LogP contribution >= 0.6 is 23.2 Å². The van der Waals surface area contributed by atoms with Crippen LogP contribution in [0.5, 0.6) is 0 Å². The van der Waals surface area contributed by atoms with E-state index in [-0.39, 0.29) is 0 Å². The van der Waals surface area contributed by atoms with Crippen molar-refractivity contribution < 1.29 is 0 Å². The van der Waals surface area contributed by atoms with E-state index in [0.29, 0.717) is 17.1 Å². The Balaban J connectivity index is 2.18. The second kappa shape index (κ2) is 6.04. The van der Waals surface area contributed by atoms with Crippen LogP contribution in [0.4, 0.5) is 5.82 Å². The molecule has 0 unspecified atom stereocenters. The topological polar surface area (TPSA) is 32.3 Å². The van der Waals surface area contributed by atoms with Crippen LogP contribution in [0.15, 0.2) is 6.33 Å². The first-order chi connectivity index (χ1) is 8.63. The molecule has 1 fully saturated rings. The molecule has 18 heavy (non-hydrogen) atoms. The Hall–Kier alpha value is -0.580. The van der Waals surface area contributed by atoms with Gasteiger partial charge in [-0.1, -0.05) is 11.6 Å². The van der Waals surface area contributed by atoms with Crippen LogP contribution in [0, 0.1) is 0 Å². The fraction of sp³-hybridized carbons (Fsp3) is 0.667. The molecule has 100 valence electrons. The van der Waals surface area contributed by atoms with Crippen molar-refractivity contribution in [3.8, 4) is 0 Å². The number of piperidine rings is 1. The predicted octanol–water partition coefficient (Wildman–Crippen LogP) is 2.40. The van der Waals surface area contributed by atoms with Crippen molar-refractivity contribution in [1.82, 2.24) is 14.9 Å². The van der Waals surface area contributed by atoms with E-state index in [9.17, 15) is 0 Å². The molecule has 1 saturated heterocycles. The molecule has 2 rings (SSSR count). The lowest BCUT2D eigenvalue weighted by molar-refractivity contribution is 0.252. The zero-order valence-electron chi connectivity index (χ0n) is 10.7. The maximum absolute atomic E-state index is 6.07. The first-order valence-electron chi connectivity index (χ1n) is 6.10. The molecule has 0 N–H and O–H groups in total.